The van der Waals surface area contributed by atoms with E-state index in [-0.39, 0.29) is 11.5 Å². The molecule has 8 heteroatoms. The minimum Gasteiger partial charge on any atom is -0.497 e. The van der Waals surface area contributed by atoms with E-state index in [9.17, 15) is 9.59 Å². The van der Waals surface area contributed by atoms with E-state index in [1.807, 2.05) is 42.6 Å². The molecule has 2 aromatic carbocycles. The standard InChI is InChI=1S/C23H21N3O3S2/c1-3-19(20(27)24-15-9-11-17(29-2)12-10-15)31-23-25-21-18(13-14-30-21)22(28)26(23)16-7-5-4-6-8-16/h4-14,19H,3H2,1-2H3,(H,24,27)/t19-/m1/s1. The van der Waals surface area contributed by atoms with Gasteiger partial charge in [0.15, 0.2) is 5.16 Å². The first-order valence-corrected chi connectivity index (χ1v) is 11.5. The van der Waals surface area contributed by atoms with Gasteiger partial charge < -0.3 is 10.1 Å². The molecule has 31 heavy (non-hydrogen) atoms. The molecular formula is C23H21N3O3S2. The van der Waals surface area contributed by atoms with Crippen molar-refractivity contribution < 1.29 is 9.53 Å². The second-order valence-electron chi connectivity index (χ2n) is 6.74. The lowest BCUT2D eigenvalue weighted by Gasteiger charge is -2.17. The number of fused-ring (bicyclic) bond motifs is 1. The van der Waals surface area contributed by atoms with Gasteiger partial charge in [0, 0.05) is 5.69 Å². The fourth-order valence-corrected chi connectivity index (χ4v) is 4.96. The van der Waals surface area contributed by atoms with E-state index in [1.54, 1.807) is 42.0 Å². The molecule has 0 spiro atoms. The number of hydrogen-bond donors (Lipinski definition) is 1. The highest BCUT2D eigenvalue weighted by Crippen LogP contribution is 2.29. The van der Waals surface area contributed by atoms with Gasteiger partial charge in [0.2, 0.25) is 5.91 Å². The van der Waals surface area contributed by atoms with Crippen molar-refractivity contribution in [3.8, 4) is 11.4 Å². The quantitative estimate of drug-likeness (QED) is 0.317. The molecule has 4 aromatic rings. The Morgan fingerprint density at radius 2 is 1.90 bits per heavy atom. The summed E-state index contributed by atoms with van der Waals surface area (Å²) in [6.07, 6.45) is 0.583. The van der Waals surface area contributed by atoms with Crippen LogP contribution in [0.15, 0.2) is 76.0 Å². The largest absolute Gasteiger partial charge is 0.497 e. The summed E-state index contributed by atoms with van der Waals surface area (Å²) in [5.41, 5.74) is 1.28. The van der Waals surface area contributed by atoms with Crippen LogP contribution >= 0.6 is 23.1 Å². The molecule has 2 aromatic heterocycles. The Morgan fingerprint density at radius 1 is 1.16 bits per heavy atom. The number of ether oxygens (including phenoxy) is 1. The maximum Gasteiger partial charge on any atom is 0.267 e. The van der Waals surface area contributed by atoms with Crippen molar-refractivity contribution in [2.75, 3.05) is 12.4 Å². The first kappa shape index (κ1) is 21.1. The SMILES string of the molecule is CC[C@@H](Sc1nc2sccc2c(=O)n1-c1ccccc1)C(=O)Nc1ccc(OC)cc1. The zero-order valence-electron chi connectivity index (χ0n) is 17.1. The summed E-state index contributed by atoms with van der Waals surface area (Å²) in [7, 11) is 1.60. The molecule has 1 amide bonds. The van der Waals surface area contributed by atoms with Crippen LogP contribution in [0, 0.1) is 0 Å². The van der Waals surface area contributed by atoms with Crippen molar-refractivity contribution in [1.82, 2.24) is 9.55 Å². The van der Waals surface area contributed by atoms with Crippen molar-refractivity contribution in [3.05, 3.63) is 76.4 Å². The lowest BCUT2D eigenvalue weighted by atomic mass is 10.2. The average Bonchev–Trinajstić information content (AvgIpc) is 3.27. The maximum absolute atomic E-state index is 13.2. The van der Waals surface area contributed by atoms with E-state index in [1.165, 1.54) is 23.1 Å². The van der Waals surface area contributed by atoms with Crippen LogP contribution in [0.25, 0.3) is 15.9 Å². The smallest absolute Gasteiger partial charge is 0.267 e. The highest BCUT2D eigenvalue weighted by molar-refractivity contribution is 8.00. The highest BCUT2D eigenvalue weighted by Gasteiger charge is 2.23. The van der Waals surface area contributed by atoms with Crippen LogP contribution in [0.3, 0.4) is 0 Å². The molecule has 1 N–H and O–H groups in total. The summed E-state index contributed by atoms with van der Waals surface area (Å²) >= 11 is 2.72. The molecule has 0 saturated heterocycles. The number of carbonyl (C=O) groups is 1. The summed E-state index contributed by atoms with van der Waals surface area (Å²) in [4.78, 5) is 31.6. The van der Waals surface area contributed by atoms with Crippen molar-refractivity contribution in [1.29, 1.82) is 0 Å². The molecule has 6 nitrogen and oxygen atoms in total. The summed E-state index contributed by atoms with van der Waals surface area (Å²) < 4.78 is 6.75. The number of thiophene rings is 1. The highest BCUT2D eigenvalue weighted by atomic mass is 32.2. The van der Waals surface area contributed by atoms with Crippen LogP contribution in [0.5, 0.6) is 5.75 Å². The molecule has 0 fully saturated rings. The molecule has 4 rings (SSSR count). The summed E-state index contributed by atoms with van der Waals surface area (Å²) in [5.74, 6) is 0.581. The summed E-state index contributed by atoms with van der Waals surface area (Å²) in [6.45, 7) is 1.94. The average molecular weight is 452 g/mol. The first-order chi connectivity index (χ1) is 15.1. The third-order valence-electron chi connectivity index (χ3n) is 4.75. The number of rotatable bonds is 7. The molecular weight excluding hydrogens is 430 g/mol. The van der Waals surface area contributed by atoms with Gasteiger partial charge >= 0.3 is 0 Å². The molecule has 0 aliphatic rings. The van der Waals surface area contributed by atoms with E-state index in [0.717, 1.165) is 11.4 Å². The Kier molecular flexibility index (Phi) is 6.39. The van der Waals surface area contributed by atoms with Gasteiger partial charge in [-0.1, -0.05) is 36.9 Å². The Hall–Kier alpha value is -3.10. The Labute approximate surface area is 187 Å². The maximum atomic E-state index is 13.2. The van der Waals surface area contributed by atoms with E-state index in [4.69, 9.17) is 9.72 Å². The van der Waals surface area contributed by atoms with Crippen LogP contribution in [0.2, 0.25) is 0 Å². The van der Waals surface area contributed by atoms with Gasteiger partial charge in [0.25, 0.3) is 5.56 Å². The van der Waals surface area contributed by atoms with Gasteiger partial charge in [0.1, 0.15) is 10.6 Å². The fourth-order valence-electron chi connectivity index (χ4n) is 3.13. The molecule has 0 aliphatic heterocycles. The molecule has 0 radical (unpaired) electrons. The van der Waals surface area contributed by atoms with Crippen molar-refractivity contribution in [2.24, 2.45) is 0 Å². The normalized spacial score (nSPS) is 11.9. The molecule has 0 aliphatic carbocycles. The third kappa shape index (κ3) is 4.50. The number of thioether (sulfide) groups is 1. The molecule has 0 bridgehead atoms. The molecule has 158 valence electrons. The van der Waals surface area contributed by atoms with E-state index < -0.39 is 5.25 Å². The number of anilines is 1. The zero-order valence-corrected chi connectivity index (χ0v) is 18.7. The topological polar surface area (TPSA) is 73.2 Å². The minimum absolute atomic E-state index is 0.134. The predicted molar refractivity (Wildman–Crippen MR) is 127 cm³/mol. The molecule has 0 unspecified atom stereocenters. The van der Waals surface area contributed by atoms with Gasteiger partial charge in [0.05, 0.1) is 23.4 Å². The lowest BCUT2D eigenvalue weighted by molar-refractivity contribution is -0.115. The fraction of sp³-hybridized carbons (Fsp3) is 0.174. The number of para-hydroxylation sites is 1. The van der Waals surface area contributed by atoms with Crippen molar-refractivity contribution in [2.45, 2.75) is 23.8 Å². The number of nitrogens with zero attached hydrogens (tertiary/aromatic N) is 2. The Bertz CT molecular complexity index is 1250. The number of benzene rings is 2. The summed E-state index contributed by atoms with van der Waals surface area (Å²) in [5, 5.41) is 5.47. The molecule has 0 saturated carbocycles. The number of hydrogen-bond acceptors (Lipinski definition) is 6. The minimum atomic E-state index is -0.415. The number of methoxy groups -OCH3 is 1. The van der Waals surface area contributed by atoms with Crippen LogP contribution in [-0.2, 0) is 4.79 Å². The van der Waals surface area contributed by atoms with Crippen LogP contribution in [0.4, 0.5) is 5.69 Å². The first-order valence-electron chi connectivity index (χ1n) is 9.78. The van der Waals surface area contributed by atoms with Crippen molar-refractivity contribution in [3.63, 3.8) is 0 Å². The van der Waals surface area contributed by atoms with Gasteiger partial charge in [-0.25, -0.2) is 4.98 Å². The number of nitrogens with one attached hydrogen (secondary N) is 1. The van der Waals surface area contributed by atoms with Gasteiger partial charge in [-0.15, -0.1) is 11.3 Å². The number of amides is 1. The van der Waals surface area contributed by atoms with Crippen LogP contribution in [0.1, 0.15) is 13.3 Å². The summed E-state index contributed by atoms with van der Waals surface area (Å²) in [6, 6.07) is 18.4. The van der Waals surface area contributed by atoms with Crippen LogP contribution < -0.4 is 15.6 Å². The molecule has 2 heterocycles. The second-order valence-corrected chi connectivity index (χ2v) is 8.81. The second kappa shape index (κ2) is 9.36. The molecule has 1 atom stereocenters. The van der Waals surface area contributed by atoms with Crippen LogP contribution in [-0.4, -0.2) is 27.8 Å². The van der Waals surface area contributed by atoms with E-state index in [2.05, 4.69) is 5.32 Å². The zero-order chi connectivity index (χ0) is 21.8. The lowest BCUT2D eigenvalue weighted by Crippen LogP contribution is -2.27. The number of carbonyl (C=O) groups excluding carboxylic acids is 1. The van der Waals surface area contributed by atoms with Crippen molar-refractivity contribution >= 4 is 44.9 Å². The van der Waals surface area contributed by atoms with Gasteiger partial charge in [-0.3, -0.25) is 14.2 Å². The monoisotopic (exact) mass is 451 g/mol. The van der Waals surface area contributed by atoms with Gasteiger partial charge in [-0.2, -0.15) is 0 Å². The Balaban J connectivity index is 1.67. The number of aromatic nitrogens is 2. The predicted octanol–water partition coefficient (Wildman–Crippen LogP) is 4.97. The third-order valence-corrected chi connectivity index (χ3v) is 6.87. The van der Waals surface area contributed by atoms with E-state index >= 15 is 0 Å². The van der Waals surface area contributed by atoms with E-state index in [0.29, 0.717) is 27.5 Å². The van der Waals surface area contributed by atoms with Gasteiger partial charge in [-0.05, 0) is 54.3 Å². The Morgan fingerprint density at radius 3 is 2.58 bits per heavy atom.